The van der Waals surface area contributed by atoms with Crippen LogP contribution in [-0.4, -0.2) is 38.9 Å². The highest BCUT2D eigenvalue weighted by Gasteiger charge is 2.36. The minimum absolute atomic E-state index is 0. The van der Waals surface area contributed by atoms with Crippen LogP contribution in [0.25, 0.3) is 0 Å². The zero-order chi connectivity index (χ0) is 17.8. The molecular formula is C17H26Cl2N2O3S. The number of nitrogens with one attached hydrogen (secondary N) is 1. The molecule has 1 unspecified atom stereocenters. The fourth-order valence-corrected chi connectivity index (χ4v) is 4.09. The summed E-state index contributed by atoms with van der Waals surface area (Å²) in [5, 5.41) is 3.62. The quantitative estimate of drug-likeness (QED) is 0.724. The summed E-state index contributed by atoms with van der Waals surface area (Å²) in [4.78, 5) is 12.2. The summed E-state index contributed by atoms with van der Waals surface area (Å²) < 4.78 is 22.4. The summed E-state index contributed by atoms with van der Waals surface area (Å²) in [6.07, 6.45) is 5.54. The second-order valence-electron chi connectivity index (χ2n) is 6.74. The van der Waals surface area contributed by atoms with Crippen molar-refractivity contribution in [3.8, 4) is 0 Å². The molecule has 8 heteroatoms. The van der Waals surface area contributed by atoms with Crippen molar-refractivity contribution in [3.63, 3.8) is 0 Å². The molecule has 5 nitrogen and oxygen atoms in total. The number of halogens is 2. The fourth-order valence-electron chi connectivity index (χ4n) is 3.28. The number of rotatable bonds is 7. The zero-order valence-corrected chi connectivity index (χ0v) is 16.7. The van der Waals surface area contributed by atoms with E-state index < -0.39 is 15.9 Å². The van der Waals surface area contributed by atoms with Gasteiger partial charge in [-0.15, -0.1) is 12.4 Å². The van der Waals surface area contributed by atoms with Gasteiger partial charge in [-0.25, -0.2) is 8.42 Å². The van der Waals surface area contributed by atoms with E-state index in [4.69, 9.17) is 17.3 Å². The largest absolute Gasteiger partial charge is 0.354 e. The number of carbonyl (C=O) groups is 1. The Balaban J connectivity index is 0.00000312. The van der Waals surface area contributed by atoms with Crippen LogP contribution in [0.5, 0.6) is 0 Å². The Kier molecular flexibility index (Phi) is 8.19. The Hall–Kier alpha value is -0.820. The lowest BCUT2D eigenvalue weighted by Crippen LogP contribution is -2.46. The van der Waals surface area contributed by atoms with Crippen molar-refractivity contribution in [3.05, 3.63) is 34.9 Å². The molecule has 3 N–H and O–H groups in total. The van der Waals surface area contributed by atoms with Gasteiger partial charge in [0.15, 0.2) is 0 Å². The van der Waals surface area contributed by atoms with E-state index in [1.807, 2.05) is 24.3 Å². The maximum absolute atomic E-state index is 12.2. The van der Waals surface area contributed by atoms with E-state index in [0.717, 1.165) is 31.9 Å². The van der Waals surface area contributed by atoms with Gasteiger partial charge < -0.3 is 11.1 Å². The van der Waals surface area contributed by atoms with Gasteiger partial charge in [0.25, 0.3) is 0 Å². The Morgan fingerprint density at radius 3 is 2.36 bits per heavy atom. The van der Waals surface area contributed by atoms with Crippen LogP contribution >= 0.6 is 24.0 Å². The highest BCUT2D eigenvalue weighted by Crippen LogP contribution is 2.40. The lowest BCUT2D eigenvalue weighted by atomic mass is 9.79. The molecule has 0 radical (unpaired) electrons. The van der Waals surface area contributed by atoms with Crippen molar-refractivity contribution in [2.24, 2.45) is 5.73 Å². The van der Waals surface area contributed by atoms with Crippen LogP contribution in [0.2, 0.25) is 5.02 Å². The van der Waals surface area contributed by atoms with Gasteiger partial charge in [0, 0.05) is 23.2 Å². The first-order valence-electron chi connectivity index (χ1n) is 8.19. The number of amides is 1. The molecule has 142 valence electrons. The number of hydrogen-bond donors (Lipinski definition) is 2. The molecule has 1 aliphatic rings. The molecule has 1 atom stereocenters. The average molecular weight is 409 g/mol. The van der Waals surface area contributed by atoms with Crippen molar-refractivity contribution >= 4 is 39.8 Å². The van der Waals surface area contributed by atoms with Gasteiger partial charge in [-0.05, 0) is 37.0 Å². The van der Waals surface area contributed by atoms with E-state index >= 15 is 0 Å². The first kappa shape index (κ1) is 22.2. The van der Waals surface area contributed by atoms with Crippen molar-refractivity contribution in [2.45, 2.75) is 43.6 Å². The van der Waals surface area contributed by atoms with Crippen LogP contribution < -0.4 is 11.1 Å². The van der Waals surface area contributed by atoms with Crippen molar-refractivity contribution < 1.29 is 13.2 Å². The summed E-state index contributed by atoms with van der Waals surface area (Å²) in [6.45, 7) is 0.514. The molecule has 1 amide bonds. The number of sulfone groups is 1. The second kappa shape index (κ2) is 9.21. The second-order valence-corrected chi connectivity index (χ2v) is 9.43. The third kappa shape index (κ3) is 6.44. The van der Waals surface area contributed by atoms with Gasteiger partial charge in [0.2, 0.25) is 5.91 Å². The van der Waals surface area contributed by atoms with E-state index in [1.54, 1.807) is 0 Å². The predicted octanol–water partition coefficient (Wildman–Crippen LogP) is 2.45. The average Bonchev–Trinajstić information content (AvgIpc) is 3.00. The maximum atomic E-state index is 12.2. The normalized spacial score (nSPS) is 17.6. The van der Waals surface area contributed by atoms with Gasteiger partial charge in [0.1, 0.15) is 9.84 Å². The molecule has 1 saturated carbocycles. The molecule has 1 aromatic rings. The van der Waals surface area contributed by atoms with Crippen LogP contribution in [0.15, 0.2) is 24.3 Å². The molecular weight excluding hydrogens is 383 g/mol. The van der Waals surface area contributed by atoms with Crippen LogP contribution in [0.3, 0.4) is 0 Å². The third-order valence-corrected chi connectivity index (χ3v) is 5.98. The summed E-state index contributed by atoms with van der Waals surface area (Å²) in [5.74, 6) is -0.372. The van der Waals surface area contributed by atoms with E-state index in [0.29, 0.717) is 11.6 Å². The van der Waals surface area contributed by atoms with Gasteiger partial charge in [-0.1, -0.05) is 36.6 Å². The van der Waals surface area contributed by atoms with Crippen LogP contribution in [-0.2, 0) is 20.0 Å². The molecule has 0 aromatic heterocycles. The minimum atomic E-state index is -3.11. The SMILES string of the molecule is CS(=O)(=O)CCC(N)C(=O)NCC1(c2ccc(Cl)cc2)CCCC1.Cl. The van der Waals surface area contributed by atoms with Gasteiger partial charge in [-0.3, -0.25) is 4.79 Å². The van der Waals surface area contributed by atoms with Crippen molar-refractivity contribution in [1.29, 1.82) is 0 Å². The summed E-state index contributed by atoms with van der Waals surface area (Å²) in [5.41, 5.74) is 6.91. The number of nitrogens with two attached hydrogens (primary N) is 1. The fraction of sp³-hybridized carbons (Fsp3) is 0.588. The monoisotopic (exact) mass is 408 g/mol. The van der Waals surface area contributed by atoms with Gasteiger partial charge in [-0.2, -0.15) is 0 Å². The predicted molar refractivity (Wildman–Crippen MR) is 104 cm³/mol. The van der Waals surface area contributed by atoms with E-state index in [9.17, 15) is 13.2 Å². The third-order valence-electron chi connectivity index (χ3n) is 4.75. The standard InChI is InChI=1S/C17H25ClN2O3S.ClH/c1-24(22,23)11-8-15(19)16(21)20-12-17(9-2-3-10-17)13-4-6-14(18)7-5-13;/h4-7,15H,2-3,8-12,19H2,1H3,(H,20,21);1H. The topological polar surface area (TPSA) is 89.3 Å². The number of hydrogen-bond acceptors (Lipinski definition) is 4. The van der Waals surface area contributed by atoms with Gasteiger partial charge >= 0.3 is 0 Å². The number of carbonyl (C=O) groups excluding carboxylic acids is 1. The van der Waals surface area contributed by atoms with Crippen molar-refractivity contribution in [2.75, 3.05) is 18.6 Å². The molecule has 1 aromatic carbocycles. The van der Waals surface area contributed by atoms with E-state index in [2.05, 4.69) is 5.32 Å². The van der Waals surface area contributed by atoms with Crippen molar-refractivity contribution in [1.82, 2.24) is 5.32 Å². The Morgan fingerprint density at radius 2 is 1.84 bits per heavy atom. The molecule has 0 bridgehead atoms. The Bertz CT molecular complexity index is 672. The molecule has 0 saturated heterocycles. The highest BCUT2D eigenvalue weighted by molar-refractivity contribution is 7.90. The minimum Gasteiger partial charge on any atom is -0.354 e. The van der Waals surface area contributed by atoms with E-state index in [-0.39, 0.29) is 35.9 Å². The van der Waals surface area contributed by atoms with Crippen LogP contribution in [0.1, 0.15) is 37.7 Å². The molecule has 0 spiro atoms. The first-order valence-corrected chi connectivity index (χ1v) is 10.6. The van der Waals surface area contributed by atoms with Crippen LogP contribution in [0, 0.1) is 0 Å². The highest BCUT2D eigenvalue weighted by atomic mass is 35.5. The first-order chi connectivity index (χ1) is 11.2. The molecule has 1 aliphatic carbocycles. The number of benzene rings is 1. The molecule has 0 aliphatic heterocycles. The molecule has 25 heavy (non-hydrogen) atoms. The smallest absolute Gasteiger partial charge is 0.236 e. The Morgan fingerprint density at radius 1 is 1.28 bits per heavy atom. The lowest BCUT2D eigenvalue weighted by Gasteiger charge is -2.30. The molecule has 1 fully saturated rings. The summed E-state index contributed by atoms with van der Waals surface area (Å²) in [6, 6.07) is 6.98. The maximum Gasteiger partial charge on any atom is 0.236 e. The zero-order valence-electron chi connectivity index (χ0n) is 14.3. The summed E-state index contributed by atoms with van der Waals surface area (Å²) in [7, 11) is -3.11. The lowest BCUT2D eigenvalue weighted by molar-refractivity contribution is -0.122. The Labute approximate surface area is 161 Å². The molecule has 2 rings (SSSR count). The van der Waals surface area contributed by atoms with Gasteiger partial charge in [0.05, 0.1) is 11.8 Å². The van der Waals surface area contributed by atoms with Crippen LogP contribution in [0.4, 0.5) is 0 Å². The summed E-state index contributed by atoms with van der Waals surface area (Å²) >= 11 is 5.97. The van der Waals surface area contributed by atoms with E-state index in [1.165, 1.54) is 5.56 Å². The molecule has 0 heterocycles.